The smallest absolute Gasteiger partial charge is 0.133 e. The van der Waals surface area contributed by atoms with Gasteiger partial charge in [-0.1, -0.05) is 0 Å². The molecule has 0 spiro atoms. The number of aromatic nitrogens is 1. The molecule has 80 valence electrons. The first-order chi connectivity index (χ1) is 7.24. The van der Waals surface area contributed by atoms with E-state index in [4.69, 9.17) is 15.7 Å². The Hall–Kier alpha value is -1.67. The van der Waals surface area contributed by atoms with E-state index < -0.39 is 0 Å². The Morgan fingerprint density at radius 2 is 2.13 bits per heavy atom. The Labute approximate surface area is 88.6 Å². The molecule has 1 aliphatic rings. The second-order valence-electron chi connectivity index (χ2n) is 3.58. The first kappa shape index (κ1) is 9.87. The van der Waals surface area contributed by atoms with Gasteiger partial charge in [-0.25, -0.2) is 0 Å². The molecule has 0 radical (unpaired) electrons. The average molecular weight is 206 g/mol. The first-order valence-electron chi connectivity index (χ1n) is 4.92. The molecule has 2 heterocycles. The molecule has 15 heavy (non-hydrogen) atoms. The summed E-state index contributed by atoms with van der Waals surface area (Å²) in [7, 11) is 1.86. The summed E-state index contributed by atoms with van der Waals surface area (Å²) >= 11 is 0. The zero-order chi connectivity index (χ0) is 10.8. The summed E-state index contributed by atoms with van der Waals surface area (Å²) in [5, 5.41) is 8.88. The van der Waals surface area contributed by atoms with Crippen LogP contribution in [-0.2, 0) is 11.8 Å². The maximum absolute atomic E-state index is 8.88. The van der Waals surface area contributed by atoms with Gasteiger partial charge in [0.15, 0.2) is 0 Å². The quantitative estimate of drug-likeness (QED) is 0.718. The molecule has 0 saturated carbocycles. The Morgan fingerprint density at radius 1 is 1.47 bits per heavy atom. The normalized spacial score (nSPS) is 16.4. The number of nitriles is 1. The third-order valence-corrected chi connectivity index (χ3v) is 2.65. The van der Waals surface area contributed by atoms with Crippen LogP contribution in [-0.4, -0.2) is 30.9 Å². The lowest BCUT2D eigenvalue weighted by atomic mass is 10.4. The Kier molecular flexibility index (Phi) is 2.52. The second kappa shape index (κ2) is 3.83. The molecule has 0 atom stereocenters. The van der Waals surface area contributed by atoms with E-state index in [1.165, 1.54) is 0 Å². The number of nitrogens with zero attached hydrogens (tertiary/aromatic N) is 3. The van der Waals surface area contributed by atoms with Gasteiger partial charge in [0.2, 0.25) is 0 Å². The summed E-state index contributed by atoms with van der Waals surface area (Å²) in [6.45, 7) is 3.08. The zero-order valence-corrected chi connectivity index (χ0v) is 8.73. The average Bonchev–Trinajstić information content (AvgIpc) is 2.55. The van der Waals surface area contributed by atoms with E-state index in [0.717, 1.165) is 18.9 Å². The SMILES string of the molecule is Cn1c(C#N)cc(N)c1N1CCOCC1. The third kappa shape index (κ3) is 1.64. The van der Waals surface area contributed by atoms with Crippen LogP contribution >= 0.6 is 0 Å². The van der Waals surface area contributed by atoms with E-state index in [0.29, 0.717) is 24.6 Å². The number of hydrogen-bond donors (Lipinski definition) is 1. The molecule has 0 aromatic carbocycles. The van der Waals surface area contributed by atoms with E-state index >= 15 is 0 Å². The molecule has 0 aliphatic carbocycles. The third-order valence-electron chi connectivity index (χ3n) is 2.65. The summed E-state index contributed by atoms with van der Waals surface area (Å²) in [5.41, 5.74) is 7.15. The van der Waals surface area contributed by atoms with Crippen molar-refractivity contribution in [2.45, 2.75) is 0 Å². The van der Waals surface area contributed by atoms with Crippen LogP contribution in [0.2, 0.25) is 0 Å². The lowest BCUT2D eigenvalue weighted by Gasteiger charge is -2.29. The van der Waals surface area contributed by atoms with Crippen LogP contribution in [0, 0.1) is 11.3 Å². The van der Waals surface area contributed by atoms with Gasteiger partial charge in [-0.3, -0.25) is 0 Å². The molecule has 2 rings (SSSR count). The van der Waals surface area contributed by atoms with Crippen LogP contribution < -0.4 is 10.6 Å². The first-order valence-corrected chi connectivity index (χ1v) is 4.92. The zero-order valence-electron chi connectivity index (χ0n) is 8.73. The van der Waals surface area contributed by atoms with Gasteiger partial charge in [0.25, 0.3) is 0 Å². The predicted molar refractivity (Wildman–Crippen MR) is 57.6 cm³/mol. The van der Waals surface area contributed by atoms with Gasteiger partial charge in [-0.15, -0.1) is 0 Å². The molecule has 0 amide bonds. The second-order valence-corrected chi connectivity index (χ2v) is 3.58. The van der Waals surface area contributed by atoms with Gasteiger partial charge in [0.05, 0.1) is 18.9 Å². The van der Waals surface area contributed by atoms with E-state index in [9.17, 15) is 0 Å². The minimum atomic E-state index is 0.592. The van der Waals surface area contributed by atoms with Crippen molar-refractivity contribution in [2.75, 3.05) is 36.9 Å². The van der Waals surface area contributed by atoms with Crippen molar-refractivity contribution in [3.05, 3.63) is 11.8 Å². The predicted octanol–water partition coefficient (Wildman–Crippen LogP) is 0.316. The monoisotopic (exact) mass is 206 g/mol. The number of anilines is 2. The van der Waals surface area contributed by atoms with Crippen molar-refractivity contribution in [2.24, 2.45) is 7.05 Å². The Bertz CT molecular complexity index is 398. The van der Waals surface area contributed by atoms with Crippen LogP contribution in [0.3, 0.4) is 0 Å². The van der Waals surface area contributed by atoms with Crippen LogP contribution in [0.25, 0.3) is 0 Å². The van der Waals surface area contributed by atoms with E-state index in [2.05, 4.69) is 11.0 Å². The highest BCUT2D eigenvalue weighted by atomic mass is 16.5. The molecule has 5 heteroatoms. The van der Waals surface area contributed by atoms with Crippen molar-refractivity contribution >= 4 is 11.5 Å². The lowest BCUT2D eigenvalue weighted by Crippen LogP contribution is -2.37. The lowest BCUT2D eigenvalue weighted by molar-refractivity contribution is 0.122. The van der Waals surface area contributed by atoms with Crippen molar-refractivity contribution in [1.82, 2.24) is 4.57 Å². The fourth-order valence-corrected chi connectivity index (χ4v) is 1.89. The van der Waals surface area contributed by atoms with Gasteiger partial charge in [0, 0.05) is 20.1 Å². The largest absolute Gasteiger partial charge is 0.396 e. The Balaban J connectivity index is 2.34. The highest BCUT2D eigenvalue weighted by Gasteiger charge is 2.18. The van der Waals surface area contributed by atoms with Gasteiger partial charge >= 0.3 is 0 Å². The molecular formula is C10H14N4O. The standard InChI is InChI=1S/C10H14N4O/c1-13-8(7-11)6-9(12)10(13)14-2-4-15-5-3-14/h6H,2-5,12H2,1H3. The van der Waals surface area contributed by atoms with Crippen molar-refractivity contribution < 1.29 is 4.74 Å². The molecule has 1 saturated heterocycles. The molecule has 1 aromatic heterocycles. The Morgan fingerprint density at radius 3 is 2.67 bits per heavy atom. The maximum atomic E-state index is 8.88. The fourth-order valence-electron chi connectivity index (χ4n) is 1.89. The number of nitrogen functional groups attached to an aromatic ring is 1. The summed E-state index contributed by atoms with van der Waals surface area (Å²) in [5.74, 6) is 0.926. The number of hydrogen-bond acceptors (Lipinski definition) is 4. The highest BCUT2D eigenvalue weighted by Crippen LogP contribution is 2.26. The van der Waals surface area contributed by atoms with Crippen molar-refractivity contribution in [3.8, 4) is 6.07 Å². The van der Waals surface area contributed by atoms with Crippen molar-refractivity contribution in [1.29, 1.82) is 5.26 Å². The number of nitrogens with two attached hydrogens (primary N) is 1. The molecule has 2 N–H and O–H groups in total. The summed E-state index contributed by atoms with van der Waals surface area (Å²) in [4.78, 5) is 2.15. The number of rotatable bonds is 1. The molecule has 1 aliphatic heterocycles. The highest BCUT2D eigenvalue weighted by molar-refractivity contribution is 5.67. The molecule has 1 aromatic rings. The van der Waals surface area contributed by atoms with Gasteiger partial charge < -0.3 is 19.9 Å². The van der Waals surface area contributed by atoms with E-state index in [1.54, 1.807) is 6.07 Å². The molecular weight excluding hydrogens is 192 g/mol. The minimum Gasteiger partial charge on any atom is -0.396 e. The molecule has 5 nitrogen and oxygen atoms in total. The van der Waals surface area contributed by atoms with Crippen LogP contribution in [0.1, 0.15) is 5.69 Å². The van der Waals surface area contributed by atoms with Gasteiger partial charge in [0.1, 0.15) is 17.6 Å². The maximum Gasteiger partial charge on any atom is 0.133 e. The van der Waals surface area contributed by atoms with Crippen LogP contribution in [0.15, 0.2) is 6.07 Å². The molecule has 0 bridgehead atoms. The topological polar surface area (TPSA) is 67.2 Å². The van der Waals surface area contributed by atoms with Crippen LogP contribution in [0.4, 0.5) is 11.5 Å². The summed E-state index contributed by atoms with van der Waals surface area (Å²) in [6, 6.07) is 3.83. The number of ether oxygens (including phenoxy) is 1. The van der Waals surface area contributed by atoms with E-state index in [1.807, 2.05) is 11.6 Å². The van der Waals surface area contributed by atoms with Gasteiger partial charge in [-0.2, -0.15) is 5.26 Å². The fraction of sp³-hybridized carbons (Fsp3) is 0.500. The van der Waals surface area contributed by atoms with E-state index in [-0.39, 0.29) is 0 Å². The molecule has 0 unspecified atom stereocenters. The summed E-state index contributed by atoms with van der Waals surface area (Å²) < 4.78 is 7.11. The number of morpholine rings is 1. The molecule has 1 fully saturated rings. The summed E-state index contributed by atoms with van der Waals surface area (Å²) in [6.07, 6.45) is 0. The minimum absolute atomic E-state index is 0.592. The van der Waals surface area contributed by atoms with Crippen molar-refractivity contribution in [3.63, 3.8) is 0 Å². The van der Waals surface area contributed by atoms with Crippen LogP contribution in [0.5, 0.6) is 0 Å². The van der Waals surface area contributed by atoms with Gasteiger partial charge in [-0.05, 0) is 6.07 Å².